The van der Waals surface area contributed by atoms with Crippen molar-refractivity contribution < 1.29 is 0 Å². The monoisotopic (exact) mass is 243 g/mol. The molecule has 2 rings (SSSR count). The zero-order chi connectivity index (χ0) is 12.8. The van der Waals surface area contributed by atoms with E-state index in [0.29, 0.717) is 11.1 Å². The standard InChI is InChI=1S/C15H21N3/c1-2-15(7-3-4-8-15)12-17-11-13-6-5-9-18-14(13)10-16/h5-6,9,17H,2-4,7-8,11-12H2,1H3. The lowest BCUT2D eigenvalue weighted by Gasteiger charge is -2.27. The van der Waals surface area contributed by atoms with E-state index in [2.05, 4.69) is 23.3 Å². The molecule has 0 radical (unpaired) electrons. The molecular formula is C15H21N3. The maximum atomic E-state index is 8.99. The molecule has 0 bridgehead atoms. The van der Waals surface area contributed by atoms with E-state index < -0.39 is 0 Å². The molecule has 1 aliphatic rings. The lowest BCUT2D eigenvalue weighted by molar-refractivity contribution is 0.268. The van der Waals surface area contributed by atoms with Gasteiger partial charge in [0.1, 0.15) is 11.8 Å². The van der Waals surface area contributed by atoms with Crippen LogP contribution in [-0.4, -0.2) is 11.5 Å². The van der Waals surface area contributed by atoms with E-state index in [-0.39, 0.29) is 0 Å². The molecule has 1 aromatic rings. The Morgan fingerprint density at radius 1 is 1.44 bits per heavy atom. The van der Waals surface area contributed by atoms with E-state index >= 15 is 0 Å². The van der Waals surface area contributed by atoms with Crippen molar-refractivity contribution in [2.24, 2.45) is 5.41 Å². The van der Waals surface area contributed by atoms with Gasteiger partial charge in [-0.2, -0.15) is 5.26 Å². The summed E-state index contributed by atoms with van der Waals surface area (Å²) >= 11 is 0. The smallest absolute Gasteiger partial charge is 0.144 e. The van der Waals surface area contributed by atoms with Crippen LogP contribution < -0.4 is 5.32 Å². The van der Waals surface area contributed by atoms with Gasteiger partial charge in [0.15, 0.2) is 0 Å². The fourth-order valence-corrected chi connectivity index (χ4v) is 2.92. The van der Waals surface area contributed by atoms with Crippen LogP contribution >= 0.6 is 0 Å². The van der Waals surface area contributed by atoms with Gasteiger partial charge in [-0.05, 0) is 30.7 Å². The van der Waals surface area contributed by atoms with Gasteiger partial charge in [0.05, 0.1) is 0 Å². The molecule has 1 aliphatic carbocycles. The third-order valence-corrected chi connectivity index (χ3v) is 4.23. The Bertz CT molecular complexity index is 428. The Hall–Kier alpha value is -1.40. The van der Waals surface area contributed by atoms with Crippen LogP contribution in [0.25, 0.3) is 0 Å². The van der Waals surface area contributed by atoms with Crippen molar-refractivity contribution in [3.63, 3.8) is 0 Å². The Labute approximate surface area is 109 Å². The molecule has 1 fully saturated rings. The van der Waals surface area contributed by atoms with E-state index in [1.807, 2.05) is 12.1 Å². The first-order chi connectivity index (χ1) is 8.79. The SMILES string of the molecule is CCC1(CNCc2cccnc2C#N)CCCC1. The highest BCUT2D eigenvalue weighted by molar-refractivity contribution is 5.30. The van der Waals surface area contributed by atoms with Gasteiger partial charge in [0.2, 0.25) is 0 Å². The van der Waals surface area contributed by atoms with Crippen LogP contribution in [0.2, 0.25) is 0 Å². The summed E-state index contributed by atoms with van der Waals surface area (Å²) in [5.41, 5.74) is 2.04. The fraction of sp³-hybridized carbons (Fsp3) is 0.600. The van der Waals surface area contributed by atoms with Crippen LogP contribution in [-0.2, 0) is 6.54 Å². The highest BCUT2D eigenvalue weighted by Crippen LogP contribution is 2.40. The molecule has 0 aliphatic heterocycles. The quantitative estimate of drug-likeness (QED) is 0.864. The summed E-state index contributed by atoms with van der Waals surface area (Å²) in [6.07, 6.45) is 8.34. The number of hydrogen-bond donors (Lipinski definition) is 1. The first-order valence-corrected chi connectivity index (χ1v) is 6.84. The van der Waals surface area contributed by atoms with Gasteiger partial charge in [0.25, 0.3) is 0 Å². The third-order valence-electron chi connectivity index (χ3n) is 4.23. The number of nitrogens with zero attached hydrogens (tertiary/aromatic N) is 2. The van der Waals surface area contributed by atoms with Crippen molar-refractivity contribution in [2.45, 2.75) is 45.6 Å². The van der Waals surface area contributed by atoms with Crippen LogP contribution in [0.5, 0.6) is 0 Å². The summed E-state index contributed by atoms with van der Waals surface area (Å²) in [5, 5.41) is 12.5. The molecule has 18 heavy (non-hydrogen) atoms. The number of nitrogens with one attached hydrogen (secondary N) is 1. The molecule has 1 aromatic heterocycles. The van der Waals surface area contributed by atoms with Gasteiger partial charge in [-0.1, -0.05) is 25.8 Å². The van der Waals surface area contributed by atoms with Crippen molar-refractivity contribution in [3.8, 4) is 6.07 Å². The second-order valence-corrected chi connectivity index (χ2v) is 5.29. The molecule has 1 heterocycles. The van der Waals surface area contributed by atoms with Crippen LogP contribution in [0, 0.1) is 16.7 Å². The largest absolute Gasteiger partial charge is 0.312 e. The molecule has 0 amide bonds. The maximum Gasteiger partial charge on any atom is 0.144 e. The van der Waals surface area contributed by atoms with Crippen LogP contribution in [0.1, 0.15) is 50.3 Å². The van der Waals surface area contributed by atoms with Gasteiger partial charge in [-0.15, -0.1) is 0 Å². The number of rotatable bonds is 5. The maximum absolute atomic E-state index is 8.99. The molecule has 0 aromatic carbocycles. The Kier molecular flexibility index (Phi) is 4.33. The fourth-order valence-electron chi connectivity index (χ4n) is 2.92. The topological polar surface area (TPSA) is 48.7 Å². The number of pyridine rings is 1. The second-order valence-electron chi connectivity index (χ2n) is 5.29. The minimum absolute atomic E-state index is 0.495. The van der Waals surface area contributed by atoms with Crippen LogP contribution in [0.3, 0.4) is 0 Å². The van der Waals surface area contributed by atoms with E-state index in [9.17, 15) is 0 Å². The summed E-state index contributed by atoms with van der Waals surface area (Å²) < 4.78 is 0. The van der Waals surface area contributed by atoms with Gasteiger partial charge in [0, 0.05) is 24.8 Å². The van der Waals surface area contributed by atoms with Gasteiger partial charge < -0.3 is 5.32 Å². The molecule has 1 N–H and O–H groups in total. The van der Waals surface area contributed by atoms with Gasteiger partial charge >= 0.3 is 0 Å². The molecule has 0 atom stereocenters. The summed E-state index contributed by atoms with van der Waals surface area (Å²) in [6.45, 7) is 4.10. The summed E-state index contributed by atoms with van der Waals surface area (Å²) in [5.74, 6) is 0. The third kappa shape index (κ3) is 2.88. The van der Waals surface area contributed by atoms with E-state index in [1.165, 1.54) is 32.1 Å². The summed E-state index contributed by atoms with van der Waals surface area (Å²) in [7, 11) is 0. The highest BCUT2D eigenvalue weighted by atomic mass is 14.9. The van der Waals surface area contributed by atoms with Crippen molar-refractivity contribution in [1.29, 1.82) is 5.26 Å². The molecule has 1 saturated carbocycles. The van der Waals surface area contributed by atoms with Gasteiger partial charge in [-0.25, -0.2) is 4.98 Å². The van der Waals surface area contributed by atoms with Crippen molar-refractivity contribution in [2.75, 3.05) is 6.54 Å². The van der Waals surface area contributed by atoms with Crippen LogP contribution in [0.15, 0.2) is 18.3 Å². The lowest BCUT2D eigenvalue weighted by Crippen LogP contribution is -2.31. The molecule has 0 unspecified atom stereocenters. The minimum Gasteiger partial charge on any atom is -0.312 e. The number of aromatic nitrogens is 1. The molecular weight excluding hydrogens is 222 g/mol. The zero-order valence-electron chi connectivity index (χ0n) is 11.1. The second kappa shape index (κ2) is 5.97. The average molecular weight is 243 g/mol. The predicted molar refractivity (Wildman–Crippen MR) is 71.9 cm³/mol. The zero-order valence-corrected chi connectivity index (χ0v) is 11.1. The van der Waals surface area contributed by atoms with E-state index in [0.717, 1.165) is 18.7 Å². The lowest BCUT2D eigenvalue weighted by atomic mass is 9.83. The normalized spacial score (nSPS) is 17.6. The first-order valence-electron chi connectivity index (χ1n) is 6.84. The van der Waals surface area contributed by atoms with E-state index in [1.54, 1.807) is 6.20 Å². The highest BCUT2D eigenvalue weighted by Gasteiger charge is 2.31. The van der Waals surface area contributed by atoms with Crippen LogP contribution in [0.4, 0.5) is 0 Å². The molecule has 3 nitrogen and oxygen atoms in total. The average Bonchev–Trinajstić information content (AvgIpc) is 2.89. The Morgan fingerprint density at radius 3 is 2.89 bits per heavy atom. The van der Waals surface area contributed by atoms with Gasteiger partial charge in [-0.3, -0.25) is 0 Å². The Morgan fingerprint density at radius 2 is 2.22 bits per heavy atom. The van der Waals surface area contributed by atoms with Crippen molar-refractivity contribution in [3.05, 3.63) is 29.6 Å². The molecule has 0 spiro atoms. The molecule has 3 heteroatoms. The first kappa shape index (κ1) is 13.0. The minimum atomic E-state index is 0.495. The number of nitriles is 1. The predicted octanol–water partition coefficient (Wildman–Crippen LogP) is 3.01. The number of hydrogen-bond acceptors (Lipinski definition) is 3. The molecule has 96 valence electrons. The van der Waals surface area contributed by atoms with Crippen molar-refractivity contribution >= 4 is 0 Å². The Balaban J connectivity index is 1.90. The van der Waals surface area contributed by atoms with Crippen molar-refractivity contribution in [1.82, 2.24) is 10.3 Å². The van der Waals surface area contributed by atoms with E-state index in [4.69, 9.17) is 5.26 Å². The summed E-state index contributed by atoms with van der Waals surface area (Å²) in [4.78, 5) is 4.08. The summed E-state index contributed by atoms with van der Waals surface area (Å²) in [6, 6.07) is 6.02. The molecule has 0 saturated heterocycles.